The highest BCUT2D eigenvalue weighted by Gasteiger charge is 2.23. The lowest BCUT2D eigenvalue weighted by molar-refractivity contribution is 0.329. The van der Waals surface area contributed by atoms with Crippen LogP contribution in [0.5, 0.6) is 0 Å². The Balaban J connectivity index is 2.91. The Bertz CT molecular complexity index is 282. The van der Waals surface area contributed by atoms with Crippen LogP contribution in [0.1, 0.15) is 52.9 Å². The lowest BCUT2D eigenvalue weighted by Gasteiger charge is -2.23. The van der Waals surface area contributed by atoms with Crippen molar-refractivity contribution < 1.29 is 0 Å². The van der Waals surface area contributed by atoms with Gasteiger partial charge in [-0.3, -0.25) is 4.99 Å². The first-order valence-electron chi connectivity index (χ1n) is 5.94. The third kappa shape index (κ3) is 3.65. The maximum atomic E-state index is 4.16. The van der Waals surface area contributed by atoms with Gasteiger partial charge >= 0.3 is 0 Å². The minimum absolute atomic E-state index is 0.467. The van der Waals surface area contributed by atoms with Gasteiger partial charge in [-0.2, -0.15) is 0 Å². The molecular formula is C14H23N. The van der Waals surface area contributed by atoms with Crippen molar-refractivity contribution in [3.8, 4) is 0 Å². The molecule has 15 heavy (non-hydrogen) atoms. The summed E-state index contributed by atoms with van der Waals surface area (Å²) < 4.78 is 0. The van der Waals surface area contributed by atoms with E-state index in [4.69, 9.17) is 0 Å². The molecule has 0 saturated carbocycles. The van der Waals surface area contributed by atoms with Crippen LogP contribution in [0.25, 0.3) is 0 Å². The highest BCUT2D eigenvalue weighted by Crippen LogP contribution is 2.37. The summed E-state index contributed by atoms with van der Waals surface area (Å²) in [5.41, 5.74) is 3.50. The van der Waals surface area contributed by atoms with Crippen LogP contribution < -0.4 is 0 Å². The summed E-state index contributed by atoms with van der Waals surface area (Å²) in [5, 5.41) is 0. The molecule has 0 radical (unpaired) electrons. The molecule has 0 aromatic carbocycles. The van der Waals surface area contributed by atoms with Gasteiger partial charge in [0.1, 0.15) is 0 Å². The van der Waals surface area contributed by atoms with Gasteiger partial charge in [0.15, 0.2) is 0 Å². The van der Waals surface area contributed by atoms with Crippen LogP contribution in [0.15, 0.2) is 28.9 Å². The fourth-order valence-electron chi connectivity index (χ4n) is 2.36. The zero-order valence-corrected chi connectivity index (χ0v) is 10.3. The van der Waals surface area contributed by atoms with E-state index in [1.165, 1.54) is 31.3 Å². The summed E-state index contributed by atoms with van der Waals surface area (Å²) in [6, 6.07) is 0. The minimum Gasteiger partial charge on any atom is -0.265 e. The molecule has 1 nitrogen and oxygen atoms in total. The average Bonchev–Trinajstić information content (AvgIpc) is 2.33. The van der Waals surface area contributed by atoms with Crippen molar-refractivity contribution in [2.75, 3.05) is 0 Å². The molecule has 1 aliphatic carbocycles. The molecule has 84 valence electrons. The van der Waals surface area contributed by atoms with Crippen LogP contribution >= 0.6 is 0 Å². The van der Waals surface area contributed by atoms with Crippen LogP contribution in [-0.4, -0.2) is 6.21 Å². The summed E-state index contributed by atoms with van der Waals surface area (Å²) in [5.74, 6) is 0. The molecule has 0 fully saturated rings. The largest absolute Gasteiger partial charge is 0.265 e. The van der Waals surface area contributed by atoms with Crippen molar-refractivity contribution in [2.45, 2.75) is 52.9 Å². The predicted octanol–water partition coefficient (Wildman–Crippen LogP) is 4.51. The van der Waals surface area contributed by atoms with Crippen molar-refractivity contribution in [3.63, 3.8) is 0 Å². The highest BCUT2D eigenvalue weighted by atomic mass is 14.7. The highest BCUT2D eigenvalue weighted by molar-refractivity contribution is 5.80. The maximum Gasteiger partial charge on any atom is 0.0299 e. The van der Waals surface area contributed by atoms with Crippen molar-refractivity contribution in [1.82, 2.24) is 0 Å². The second kappa shape index (κ2) is 5.29. The van der Waals surface area contributed by atoms with Gasteiger partial charge in [0.2, 0.25) is 0 Å². The Morgan fingerprint density at radius 2 is 2.20 bits per heavy atom. The van der Waals surface area contributed by atoms with Crippen LogP contribution in [0.3, 0.4) is 0 Å². The van der Waals surface area contributed by atoms with Crippen molar-refractivity contribution in [3.05, 3.63) is 23.9 Å². The molecule has 0 aromatic rings. The lowest BCUT2D eigenvalue weighted by atomic mass is 9.82. The van der Waals surface area contributed by atoms with Gasteiger partial charge < -0.3 is 0 Å². The smallest absolute Gasteiger partial charge is 0.0299 e. The lowest BCUT2D eigenvalue weighted by Crippen LogP contribution is -2.10. The van der Waals surface area contributed by atoms with E-state index < -0.39 is 0 Å². The molecule has 0 saturated heterocycles. The van der Waals surface area contributed by atoms with Gasteiger partial charge in [-0.25, -0.2) is 0 Å². The van der Waals surface area contributed by atoms with E-state index in [0.717, 1.165) is 6.42 Å². The maximum absolute atomic E-state index is 4.16. The fraction of sp³-hybridized carbons (Fsp3) is 0.643. The molecule has 0 heterocycles. The number of aliphatic imine (C=N–C) groups is 1. The second-order valence-electron chi connectivity index (χ2n) is 5.14. The third-order valence-corrected chi connectivity index (χ3v) is 3.21. The van der Waals surface area contributed by atoms with Crippen LogP contribution in [-0.2, 0) is 0 Å². The Labute approximate surface area is 94.0 Å². The normalized spacial score (nSPS) is 21.8. The van der Waals surface area contributed by atoms with E-state index in [1.807, 2.05) is 6.21 Å². The minimum atomic E-state index is 0.467. The number of nitrogens with zero attached hydrogens (tertiary/aromatic N) is 1. The molecule has 0 amide bonds. The monoisotopic (exact) mass is 205 g/mol. The molecule has 1 aliphatic rings. The molecule has 0 unspecified atom stereocenters. The SMILES string of the molecule is C=C/N=C\C1=C(CC)CC(C)(C)CCC1. The molecule has 0 atom stereocenters. The van der Waals surface area contributed by atoms with Gasteiger partial charge in [0, 0.05) is 12.4 Å². The van der Waals surface area contributed by atoms with Gasteiger partial charge in [-0.1, -0.05) is 32.9 Å². The van der Waals surface area contributed by atoms with Gasteiger partial charge in [-0.15, -0.1) is 0 Å². The van der Waals surface area contributed by atoms with E-state index in [0.29, 0.717) is 5.41 Å². The summed E-state index contributed by atoms with van der Waals surface area (Å²) in [4.78, 5) is 4.16. The molecular weight excluding hydrogens is 182 g/mol. The zero-order chi connectivity index (χ0) is 11.3. The molecule has 0 aliphatic heterocycles. The van der Waals surface area contributed by atoms with Gasteiger partial charge in [0.05, 0.1) is 0 Å². The Kier molecular flexibility index (Phi) is 4.31. The molecule has 0 spiro atoms. The van der Waals surface area contributed by atoms with E-state index in [2.05, 4.69) is 32.3 Å². The van der Waals surface area contributed by atoms with Crippen LogP contribution in [0.4, 0.5) is 0 Å². The standard InChI is InChI=1S/C14H23N/c1-5-12-10-14(3,4)9-7-8-13(12)11-15-6-2/h6,11H,2,5,7-10H2,1,3-4H3/b15-11-. The number of hydrogen-bond donors (Lipinski definition) is 0. The Morgan fingerprint density at radius 3 is 2.80 bits per heavy atom. The first-order valence-corrected chi connectivity index (χ1v) is 5.94. The molecule has 1 heteroatoms. The van der Waals surface area contributed by atoms with E-state index in [9.17, 15) is 0 Å². The molecule has 0 aromatic heterocycles. The molecule has 0 bridgehead atoms. The summed E-state index contributed by atoms with van der Waals surface area (Å²) in [7, 11) is 0. The first-order chi connectivity index (χ1) is 7.09. The Hall–Kier alpha value is -0.850. The van der Waals surface area contributed by atoms with E-state index in [1.54, 1.807) is 11.8 Å². The summed E-state index contributed by atoms with van der Waals surface area (Å²) >= 11 is 0. The van der Waals surface area contributed by atoms with Crippen molar-refractivity contribution in [2.24, 2.45) is 10.4 Å². The van der Waals surface area contributed by atoms with Crippen LogP contribution in [0, 0.1) is 5.41 Å². The quantitative estimate of drug-likeness (QED) is 0.601. The summed E-state index contributed by atoms with van der Waals surface area (Å²) in [6.07, 6.45) is 9.80. The zero-order valence-electron chi connectivity index (χ0n) is 10.3. The second-order valence-corrected chi connectivity index (χ2v) is 5.14. The van der Waals surface area contributed by atoms with Gasteiger partial charge in [-0.05, 0) is 43.1 Å². The average molecular weight is 205 g/mol. The van der Waals surface area contributed by atoms with E-state index in [-0.39, 0.29) is 0 Å². The van der Waals surface area contributed by atoms with Crippen molar-refractivity contribution >= 4 is 6.21 Å². The predicted molar refractivity (Wildman–Crippen MR) is 68.3 cm³/mol. The number of allylic oxidation sites excluding steroid dienone is 2. The Morgan fingerprint density at radius 1 is 1.47 bits per heavy atom. The summed E-state index contributed by atoms with van der Waals surface area (Å²) in [6.45, 7) is 10.6. The molecule has 1 rings (SSSR count). The number of rotatable bonds is 3. The first kappa shape index (κ1) is 12.2. The topological polar surface area (TPSA) is 12.4 Å². The van der Waals surface area contributed by atoms with E-state index >= 15 is 0 Å². The fourth-order valence-corrected chi connectivity index (χ4v) is 2.36. The van der Waals surface area contributed by atoms with Gasteiger partial charge in [0.25, 0.3) is 0 Å². The molecule has 0 N–H and O–H groups in total. The van der Waals surface area contributed by atoms with Crippen molar-refractivity contribution in [1.29, 1.82) is 0 Å². The third-order valence-electron chi connectivity index (χ3n) is 3.21. The van der Waals surface area contributed by atoms with Crippen LogP contribution in [0.2, 0.25) is 0 Å². The number of hydrogen-bond acceptors (Lipinski definition) is 1.